The van der Waals surface area contributed by atoms with E-state index in [-0.39, 0.29) is 5.91 Å². The lowest BCUT2D eigenvalue weighted by molar-refractivity contribution is -0.123. The van der Waals surface area contributed by atoms with E-state index in [0.29, 0.717) is 0 Å². The second-order valence-corrected chi connectivity index (χ2v) is 9.30. The number of hydrogen-bond donors (Lipinski definition) is 1. The van der Waals surface area contributed by atoms with Crippen LogP contribution in [-0.2, 0) is 4.79 Å². The predicted octanol–water partition coefficient (Wildman–Crippen LogP) is 6.47. The van der Waals surface area contributed by atoms with Gasteiger partial charge in [-0.15, -0.1) is 11.3 Å². The largest absolute Gasteiger partial charge is 0.324 e. The molecule has 2 aromatic carbocycles. The predicted molar refractivity (Wildman–Crippen MR) is 109 cm³/mol. The van der Waals surface area contributed by atoms with Gasteiger partial charge in [0, 0.05) is 19.9 Å². The molecule has 0 bridgehead atoms. The molecule has 1 amide bonds. The Morgan fingerprint density at radius 2 is 1.88 bits per heavy atom. The van der Waals surface area contributed by atoms with E-state index in [0.717, 1.165) is 35.4 Å². The number of amides is 1. The molecule has 0 fully saturated rings. The zero-order valence-corrected chi connectivity index (χ0v) is 17.5. The summed E-state index contributed by atoms with van der Waals surface area (Å²) in [5, 5.41) is 3.93. The molecule has 0 spiro atoms. The maximum atomic E-state index is 12.5. The highest BCUT2D eigenvalue weighted by Crippen LogP contribution is 2.41. The number of aromatic nitrogens is 1. The second kappa shape index (κ2) is 6.58. The van der Waals surface area contributed by atoms with Crippen molar-refractivity contribution in [1.82, 2.24) is 4.98 Å². The van der Waals surface area contributed by atoms with E-state index < -0.39 is 5.41 Å². The van der Waals surface area contributed by atoms with E-state index >= 15 is 0 Å². The Kier molecular flexibility index (Phi) is 4.82. The van der Waals surface area contributed by atoms with Crippen LogP contribution in [0, 0.1) is 5.41 Å². The summed E-state index contributed by atoms with van der Waals surface area (Å²) in [5.41, 5.74) is 2.13. The van der Waals surface area contributed by atoms with Crippen LogP contribution in [0.1, 0.15) is 20.8 Å². The average Bonchev–Trinajstić information content (AvgIpc) is 2.92. The molecule has 0 saturated heterocycles. The highest BCUT2D eigenvalue weighted by atomic mass is 79.9. The average molecular weight is 468 g/mol. The third kappa shape index (κ3) is 3.55. The quantitative estimate of drug-likeness (QED) is 0.469. The van der Waals surface area contributed by atoms with Crippen LogP contribution in [0.4, 0.5) is 5.69 Å². The van der Waals surface area contributed by atoms with Crippen molar-refractivity contribution in [3.8, 4) is 10.6 Å². The molecule has 3 nitrogen and oxygen atoms in total. The zero-order chi connectivity index (χ0) is 17.5. The van der Waals surface area contributed by atoms with Crippen molar-refractivity contribution >= 4 is 65.0 Å². The number of rotatable bonds is 2. The molecule has 0 saturated carbocycles. The molecule has 0 radical (unpaired) electrons. The van der Waals surface area contributed by atoms with Crippen molar-refractivity contribution in [2.24, 2.45) is 5.41 Å². The van der Waals surface area contributed by atoms with Crippen molar-refractivity contribution in [2.45, 2.75) is 20.8 Å². The normalized spacial score (nSPS) is 11.7. The van der Waals surface area contributed by atoms with Gasteiger partial charge in [-0.05, 0) is 40.2 Å². The molecule has 1 N–H and O–H groups in total. The Balaban J connectivity index is 2.14. The highest BCUT2D eigenvalue weighted by molar-refractivity contribution is 9.11. The summed E-state index contributed by atoms with van der Waals surface area (Å²) in [6, 6.07) is 11.9. The fraction of sp³-hybridized carbons (Fsp3) is 0.222. The van der Waals surface area contributed by atoms with Gasteiger partial charge in [-0.1, -0.05) is 48.8 Å². The van der Waals surface area contributed by atoms with Crippen LogP contribution in [0.3, 0.4) is 0 Å². The molecule has 124 valence electrons. The number of benzene rings is 2. The van der Waals surface area contributed by atoms with E-state index in [9.17, 15) is 4.79 Å². The van der Waals surface area contributed by atoms with Crippen LogP contribution >= 0.6 is 43.2 Å². The van der Waals surface area contributed by atoms with Gasteiger partial charge < -0.3 is 5.32 Å². The lowest BCUT2D eigenvalue weighted by Crippen LogP contribution is -2.28. The number of carbonyl (C=O) groups excluding carboxylic acids is 1. The summed E-state index contributed by atoms with van der Waals surface area (Å²) in [4.78, 5) is 17.2. The first kappa shape index (κ1) is 17.6. The molecule has 6 heteroatoms. The topological polar surface area (TPSA) is 42.0 Å². The molecule has 24 heavy (non-hydrogen) atoms. The van der Waals surface area contributed by atoms with Crippen molar-refractivity contribution in [3.05, 3.63) is 45.3 Å². The minimum atomic E-state index is -0.475. The molecule has 0 unspecified atom stereocenters. The number of halogens is 2. The maximum absolute atomic E-state index is 12.5. The van der Waals surface area contributed by atoms with E-state index in [1.54, 1.807) is 11.3 Å². The number of thiazole rings is 1. The molecule has 3 rings (SSSR count). The van der Waals surface area contributed by atoms with Crippen LogP contribution in [-0.4, -0.2) is 10.9 Å². The van der Waals surface area contributed by atoms with Crippen molar-refractivity contribution in [2.75, 3.05) is 5.32 Å². The van der Waals surface area contributed by atoms with Crippen LogP contribution in [0.15, 0.2) is 45.3 Å². The molecular formula is C18H16Br2N2OS. The third-order valence-corrected chi connectivity index (χ3v) is 5.65. The van der Waals surface area contributed by atoms with E-state index in [2.05, 4.69) is 43.2 Å². The van der Waals surface area contributed by atoms with E-state index in [4.69, 9.17) is 4.98 Å². The van der Waals surface area contributed by atoms with Crippen molar-refractivity contribution < 1.29 is 4.79 Å². The van der Waals surface area contributed by atoms with Crippen LogP contribution in [0.5, 0.6) is 0 Å². The zero-order valence-electron chi connectivity index (χ0n) is 13.5. The van der Waals surface area contributed by atoms with Crippen LogP contribution in [0.25, 0.3) is 20.8 Å². The molecule has 3 aromatic rings. The Labute approximate surface area is 161 Å². The number of anilines is 1. The van der Waals surface area contributed by atoms with Gasteiger partial charge in [-0.3, -0.25) is 4.79 Å². The monoisotopic (exact) mass is 466 g/mol. The SMILES string of the molecule is CC(C)(C)C(=O)Nc1c(Br)cc(Br)cc1-c1nc2ccccc2s1. The van der Waals surface area contributed by atoms with Gasteiger partial charge in [0.05, 0.1) is 15.9 Å². The van der Waals surface area contributed by atoms with Gasteiger partial charge in [-0.25, -0.2) is 4.98 Å². The van der Waals surface area contributed by atoms with Crippen LogP contribution in [0.2, 0.25) is 0 Å². The van der Waals surface area contributed by atoms with Gasteiger partial charge in [0.1, 0.15) is 5.01 Å². The molecule has 0 atom stereocenters. The molecular weight excluding hydrogens is 452 g/mol. The summed E-state index contributed by atoms with van der Waals surface area (Å²) in [6.45, 7) is 5.69. The van der Waals surface area contributed by atoms with Crippen molar-refractivity contribution in [1.29, 1.82) is 0 Å². The van der Waals surface area contributed by atoms with Crippen molar-refractivity contribution in [3.63, 3.8) is 0 Å². The van der Waals surface area contributed by atoms with Gasteiger partial charge in [0.15, 0.2) is 0 Å². The summed E-state index contributed by atoms with van der Waals surface area (Å²) >= 11 is 8.71. The fourth-order valence-corrected chi connectivity index (χ4v) is 4.47. The highest BCUT2D eigenvalue weighted by Gasteiger charge is 2.24. The van der Waals surface area contributed by atoms with Gasteiger partial charge in [0.25, 0.3) is 0 Å². The lowest BCUT2D eigenvalue weighted by atomic mass is 9.95. The molecule has 1 heterocycles. The van der Waals surface area contributed by atoms with E-state index in [1.807, 2.05) is 51.1 Å². The Morgan fingerprint density at radius 1 is 1.17 bits per heavy atom. The Bertz CT molecular complexity index is 895. The molecule has 0 aliphatic carbocycles. The number of para-hydroxylation sites is 1. The van der Waals surface area contributed by atoms with E-state index in [1.165, 1.54) is 0 Å². The summed E-state index contributed by atoms with van der Waals surface area (Å²) < 4.78 is 2.87. The Morgan fingerprint density at radius 3 is 2.54 bits per heavy atom. The second-order valence-electron chi connectivity index (χ2n) is 6.50. The number of nitrogens with zero attached hydrogens (tertiary/aromatic N) is 1. The number of fused-ring (bicyclic) bond motifs is 1. The molecule has 0 aliphatic heterocycles. The first-order valence-corrected chi connectivity index (χ1v) is 9.82. The first-order chi connectivity index (χ1) is 11.3. The fourth-order valence-electron chi connectivity index (χ4n) is 2.16. The lowest BCUT2D eigenvalue weighted by Gasteiger charge is -2.20. The van der Waals surface area contributed by atoms with Gasteiger partial charge >= 0.3 is 0 Å². The summed E-state index contributed by atoms with van der Waals surface area (Å²) in [6.07, 6.45) is 0. The first-order valence-electron chi connectivity index (χ1n) is 7.42. The number of nitrogens with one attached hydrogen (secondary N) is 1. The summed E-state index contributed by atoms with van der Waals surface area (Å²) in [7, 11) is 0. The smallest absolute Gasteiger partial charge is 0.229 e. The standard InChI is InChI=1S/C18H16Br2N2OS/c1-18(2,3)17(23)22-15-11(8-10(19)9-12(15)20)16-21-13-6-4-5-7-14(13)24-16/h4-9H,1-3H3,(H,22,23). The Hall–Kier alpha value is -1.24. The summed E-state index contributed by atoms with van der Waals surface area (Å²) in [5.74, 6) is -0.0344. The molecule has 1 aromatic heterocycles. The van der Waals surface area contributed by atoms with Crippen LogP contribution < -0.4 is 5.32 Å². The third-order valence-electron chi connectivity index (χ3n) is 3.50. The van der Waals surface area contributed by atoms with Gasteiger partial charge in [0.2, 0.25) is 5.91 Å². The number of carbonyl (C=O) groups is 1. The van der Waals surface area contributed by atoms with Gasteiger partial charge in [-0.2, -0.15) is 0 Å². The molecule has 0 aliphatic rings. The maximum Gasteiger partial charge on any atom is 0.229 e. The number of hydrogen-bond acceptors (Lipinski definition) is 3. The minimum Gasteiger partial charge on any atom is -0.324 e. The minimum absolute atomic E-state index is 0.0344.